The van der Waals surface area contributed by atoms with Gasteiger partial charge in [-0.2, -0.15) is 0 Å². The van der Waals surface area contributed by atoms with Gasteiger partial charge in [0.2, 0.25) is 0 Å². The van der Waals surface area contributed by atoms with Crippen molar-refractivity contribution in [2.75, 3.05) is 0 Å². The van der Waals surface area contributed by atoms with Gasteiger partial charge in [0.1, 0.15) is 0 Å². The highest BCUT2D eigenvalue weighted by Crippen LogP contribution is 2.51. The third-order valence-corrected chi connectivity index (χ3v) is 4.56. The smallest absolute Gasteiger partial charge is 0.164 e. The molecule has 0 N–H and O–H groups in total. The number of hydrogen-bond donors (Lipinski definition) is 0. The zero-order valence-electron chi connectivity index (χ0n) is 10.1. The molecule has 18 heavy (non-hydrogen) atoms. The molecule has 0 fully saturated rings. The Morgan fingerprint density at radius 1 is 0.889 bits per heavy atom. The summed E-state index contributed by atoms with van der Waals surface area (Å²) in [6.07, 6.45) is 2.83. The second-order valence-electron chi connectivity index (χ2n) is 5.38. The Morgan fingerprint density at radius 3 is 2.50 bits per heavy atom. The minimum absolute atomic E-state index is 0.0235. The molecule has 2 aromatic rings. The summed E-state index contributed by atoms with van der Waals surface area (Å²) in [5.74, 6) is 0.308. The van der Waals surface area contributed by atoms with Crippen molar-refractivity contribution in [3.8, 4) is 0 Å². The summed E-state index contributed by atoms with van der Waals surface area (Å²) in [6, 6.07) is 16.7. The topological polar surface area (TPSA) is 17.1 Å². The fourth-order valence-electron chi connectivity index (χ4n) is 3.76. The summed E-state index contributed by atoms with van der Waals surface area (Å²) in [5, 5.41) is 0. The van der Waals surface area contributed by atoms with Crippen LogP contribution in [0.1, 0.15) is 39.9 Å². The van der Waals surface area contributed by atoms with E-state index in [9.17, 15) is 4.79 Å². The van der Waals surface area contributed by atoms with Gasteiger partial charge in [0.15, 0.2) is 5.78 Å². The first-order valence-electron chi connectivity index (χ1n) is 6.52. The Morgan fingerprint density at radius 2 is 1.61 bits per heavy atom. The number of carbonyl (C=O) groups is 1. The van der Waals surface area contributed by atoms with Crippen molar-refractivity contribution in [2.24, 2.45) is 0 Å². The van der Waals surface area contributed by atoms with Crippen molar-refractivity contribution in [1.82, 2.24) is 0 Å². The van der Waals surface area contributed by atoms with Crippen LogP contribution in [0.4, 0.5) is 0 Å². The SMILES string of the molecule is O=C1C[C@]2(CCc3ccccc32)c2ccccc21. The number of hydrogen-bond acceptors (Lipinski definition) is 1. The van der Waals surface area contributed by atoms with Gasteiger partial charge >= 0.3 is 0 Å². The normalized spacial score (nSPS) is 24.3. The predicted octanol–water partition coefficient (Wildman–Crippen LogP) is 3.51. The Balaban J connectivity index is 2.01. The summed E-state index contributed by atoms with van der Waals surface area (Å²) >= 11 is 0. The van der Waals surface area contributed by atoms with Crippen LogP contribution >= 0.6 is 0 Å². The fourth-order valence-corrected chi connectivity index (χ4v) is 3.76. The highest BCUT2D eigenvalue weighted by molar-refractivity contribution is 6.03. The first-order valence-corrected chi connectivity index (χ1v) is 6.52. The average Bonchev–Trinajstić information content (AvgIpc) is 2.92. The van der Waals surface area contributed by atoms with Crippen LogP contribution in [-0.2, 0) is 11.8 Å². The van der Waals surface area contributed by atoms with Gasteiger partial charge < -0.3 is 0 Å². The van der Waals surface area contributed by atoms with E-state index in [0.29, 0.717) is 12.2 Å². The quantitative estimate of drug-likeness (QED) is 0.681. The maximum atomic E-state index is 12.2. The molecular weight excluding hydrogens is 220 g/mol. The van der Waals surface area contributed by atoms with Crippen molar-refractivity contribution in [2.45, 2.75) is 24.7 Å². The molecule has 2 aliphatic rings. The molecule has 0 unspecified atom stereocenters. The summed E-state index contributed by atoms with van der Waals surface area (Å²) < 4.78 is 0. The lowest BCUT2D eigenvalue weighted by Gasteiger charge is -2.25. The highest BCUT2D eigenvalue weighted by Gasteiger charge is 2.47. The number of rotatable bonds is 0. The predicted molar refractivity (Wildman–Crippen MR) is 70.9 cm³/mol. The molecule has 0 aliphatic heterocycles. The van der Waals surface area contributed by atoms with Crippen molar-refractivity contribution in [1.29, 1.82) is 0 Å². The van der Waals surface area contributed by atoms with Gasteiger partial charge in [-0.3, -0.25) is 4.79 Å². The van der Waals surface area contributed by atoms with Crippen LogP contribution in [0.15, 0.2) is 48.5 Å². The van der Waals surface area contributed by atoms with Gasteiger partial charge in [-0.05, 0) is 29.5 Å². The minimum atomic E-state index is -0.0235. The Labute approximate surface area is 106 Å². The van der Waals surface area contributed by atoms with Crippen LogP contribution < -0.4 is 0 Å². The molecule has 4 rings (SSSR count). The zero-order chi connectivity index (χ0) is 12.2. The zero-order valence-corrected chi connectivity index (χ0v) is 10.1. The van der Waals surface area contributed by atoms with Gasteiger partial charge in [0.05, 0.1) is 0 Å². The number of carbonyl (C=O) groups excluding carboxylic acids is 1. The van der Waals surface area contributed by atoms with Crippen molar-refractivity contribution in [3.05, 3.63) is 70.8 Å². The standard InChI is InChI=1S/C17H14O/c18-16-11-17(15-8-4-2-6-13(15)16)10-9-12-5-1-3-7-14(12)17/h1-8H,9-11H2/t17-/m0/s1. The molecule has 1 spiro atoms. The fraction of sp³-hybridized carbons (Fsp3) is 0.235. The Bertz CT molecular complexity index is 656. The largest absolute Gasteiger partial charge is 0.294 e. The van der Waals surface area contributed by atoms with E-state index in [1.54, 1.807) is 0 Å². The first-order chi connectivity index (χ1) is 8.81. The van der Waals surface area contributed by atoms with Gasteiger partial charge in [-0.1, -0.05) is 48.5 Å². The number of benzene rings is 2. The first kappa shape index (κ1) is 10.1. The summed E-state index contributed by atoms with van der Waals surface area (Å²) in [7, 11) is 0. The monoisotopic (exact) mass is 234 g/mol. The molecule has 0 heterocycles. The molecule has 0 aromatic heterocycles. The molecule has 0 amide bonds. The van der Waals surface area contributed by atoms with Gasteiger partial charge in [-0.25, -0.2) is 0 Å². The molecular formula is C17H14O. The summed E-state index contributed by atoms with van der Waals surface area (Å²) in [6.45, 7) is 0. The highest BCUT2D eigenvalue weighted by atomic mass is 16.1. The third kappa shape index (κ3) is 1.09. The van der Waals surface area contributed by atoms with E-state index in [2.05, 4.69) is 36.4 Å². The average molecular weight is 234 g/mol. The third-order valence-electron chi connectivity index (χ3n) is 4.56. The van der Waals surface area contributed by atoms with E-state index in [0.717, 1.165) is 18.4 Å². The lowest BCUT2D eigenvalue weighted by Crippen LogP contribution is -2.21. The van der Waals surface area contributed by atoms with Gasteiger partial charge in [0, 0.05) is 17.4 Å². The maximum Gasteiger partial charge on any atom is 0.164 e. The molecule has 0 saturated heterocycles. The van der Waals surface area contributed by atoms with E-state index >= 15 is 0 Å². The molecule has 1 heteroatoms. The van der Waals surface area contributed by atoms with Crippen LogP contribution in [0.3, 0.4) is 0 Å². The summed E-state index contributed by atoms with van der Waals surface area (Å²) in [4.78, 5) is 12.2. The summed E-state index contributed by atoms with van der Waals surface area (Å²) in [5.41, 5.74) is 4.96. The molecule has 88 valence electrons. The van der Waals surface area contributed by atoms with Crippen molar-refractivity contribution in [3.63, 3.8) is 0 Å². The molecule has 2 aliphatic carbocycles. The van der Waals surface area contributed by atoms with Crippen LogP contribution in [0.2, 0.25) is 0 Å². The van der Waals surface area contributed by atoms with E-state index in [1.807, 2.05) is 12.1 Å². The van der Waals surface area contributed by atoms with Crippen LogP contribution in [0.25, 0.3) is 0 Å². The van der Waals surface area contributed by atoms with E-state index in [4.69, 9.17) is 0 Å². The van der Waals surface area contributed by atoms with Crippen molar-refractivity contribution < 1.29 is 4.79 Å². The second kappa shape index (κ2) is 3.32. The second-order valence-corrected chi connectivity index (χ2v) is 5.38. The number of Topliss-reactive ketones (excluding diaryl/α,β-unsaturated/α-hetero) is 1. The molecule has 0 radical (unpaired) electrons. The maximum absolute atomic E-state index is 12.2. The number of aryl methyl sites for hydroxylation is 1. The van der Waals surface area contributed by atoms with Crippen LogP contribution in [0, 0.1) is 0 Å². The lowest BCUT2D eigenvalue weighted by atomic mass is 9.77. The lowest BCUT2D eigenvalue weighted by molar-refractivity contribution is 0.0979. The van der Waals surface area contributed by atoms with Gasteiger partial charge in [0.25, 0.3) is 0 Å². The molecule has 1 nitrogen and oxygen atoms in total. The van der Waals surface area contributed by atoms with Crippen LogP contribution in [-0.4, -0.2) is 5.78 Å². The molecule has 1 atom stereocenters. The Hall–Kier alpha value is -1.89. The van der Waals surface area contributed by atoms with E-state index in [-0.39, 0.29) is 5.41 Å². The van der Waals surface area contributed by atoms with E-state index < -0.39 is 0 Å². The number of ketones is 1. The minimum Gasteiger partial charge on any atom is -0.294 e. The van der Waals surface area contributed by atoms with E-state index in [1.165, 1.54) is 16.7 Å². The molecule has 0 bridgehead atoms. The van der Waals surface area contributed by atoms with Crippen molar-refractivity contribution >= 4 is 5.78 Å². The van der Waals surface area contributed by atoms with Crippen LogP contribution in [0.5, 0.6) is 0 Å². The number of fused-ring (bicyclic) bond motifs is 4. The molecule has 0 saturated carbocycles. The van der Waals surface area contributed by atoms with Gasteiger partial charge in [-0.15, -0.1) is 0 Å². The molecule has 2 aromatic carbocycles. The Kier molecular flexibility index (Phi) is 1.86.